The van der Waals surface area contributed by atoms with Crippen LogP contribution in [0.25, 0.3) is 11.0 Å². The van der Waals surface area contributed by atoms with E-state index in [1.807, 2.05) is 26.0 Å². The minimum absolute atomic E-state index is 0.0328. The topological polar surface area (TPSA) is 76.8 Å². The number of anilines is 1. The minimum Gasteiger partial charge on any atom is -0.464 e. The fourth-order valence-electron chi connectivity index (χ4n) is 3.73. The molecule has 4 rings (SSSR count). The van der Waals surface area contributed by atoms with Gasteiger partial charge in [-0.1, -0.05) is 24.3 Å². The number of hydrogen-bond donors (Lipinski definition) is 0. The van der Waals surface area contributed by atoms with E-state index in [2.05, 4.69) is 0 Å². The number of carbonyl (C=O) groups excluding carboxylic acids is 3. The summed E-state index contributed by atoms with van der Waals surface area (Å²) < 4.78 is 10.8. The summed E-state index contributed by atoms with van der Waals surface area (Å²) in [6, 6.07) is 10.8. The van der Waals surface area contributed by atoms with E-state index < -0.39 is 5.97 Å². The summed E-state index contributed by atoms with van der Waals surface area (Å²) >= 11 is 0. The van der Waals surface area contributed by atoms with Crippen molar-refractivity contribution in [3.05, 3.63) is 64.9 Å². The Bertz CT molecular complexity index is 1140. The Hall–Kier alpha value is -3.41. The van der Waals surface area contributed by atoms with Gasteiger partial charge in [0.2, 0.25) is 5.91 Å². The van der Waals surface area contributed by atoms with Crippen LogP contribution in [0.2, 0.25) is 0 Å². The van der Waals surface area contributed by atoms with Gasteiger partial charge in [0.05, 0.1) is 12.7 Å². The van der Waals surface area contributed by atoms with Gasteiger partial charge < -0.3 is 14.1 Å². The van der Waals surface area contributed by atoms with Crippen molar-refractivity contribution in [2.45, 2.75) is 33.1 Å². The number of furan rings is 1. The predicted octanol–water partition coefficient (Wildman–Crippen LogP) is 4.15. The number of hydrogen-bond acceptors (Lipinski definition) is 5. The first-order chi connectivity index (χ1) is 14.4. The van der Waals surface area contributed by atoms with Gasteiger partial charge >= 0.3 is 5.97 Å². The summed E-state index contributed by atoms with van der Waals surface area (Å²) in [7, 11) is 0. The molecule has 0 atom stereocenters. The molecule has 2 heterocycles. The molecule has 1 aliphatic heterocycles. The van der Waals surface area contributed by atoms with Gasteiger partial charge in [-0.25, -0.2) is 0 Å². The van der Waals surface area contributed by atoms with Crippen molar-refractivity contribution in [2.75, 3.05) is 18.1 Å². The monoisotopic (exact) mass is 405 g/mol. The van der Waals surface area contributed by atoms with E-state index in [-0.39, 0.29) is 24.7 Å². The van der Waals surface area contributed by atoms with Gasteiger partial charge in [-0.05, 0) is 43.5 Å². The highest BCUT2D eigenvalue weighted by atomic mass is 16.5. The van der Waals surface area contributed by atoms with Crippen LogP contribution in [-0.4, -0.2) is 30.8 Å². The zero-order valence-electron chi connectivity index (χ0n) is 17.1. The number of nitrogens with zero attached hydrogens (tertiary/aromatic N) is 1. The molecule has 0 aliphatic carbocycles. The molecule has 0 saturated carbocycles. The Morgan fingerprint density at radius 1 is 1.17 bits per heavy atom. The number of rotatable bonds is 6. The fraction of sp³-hybridized carbons (Fsp3) is 0.292. The van der Waals surface area contributed by atoms with Crippen LogP contribution >= 0.6 is 0 Å². The molecule has 1 saturated heterocycles. The maximum Gasteiger partial charge on any atom is 0.310 e. The molecule has 0 radical (unpaired) electrons. The first kappa shape index (κ1) is 19.9. The van der Waals surface area contributed by atoms with E-state index in [4.69, 9.17) is 9.15 Å². The van der Waals surface area contributed by atoms with Crippen LogP contribution in [0.15, 0.2) is 47.1 Å². The number of amides is 1. The van der Waals surface area contributed by atoms with Gasteiger partial charge in [-0.2, -0.15) is 0 Å². The zero-order valence-corrected chi connectivity index (χ0v) is 17.1. The second kappa shape index (κ2) is 8.14. The molecule has 1 aromatic heterocycles. The lowest BCUT2D eigenvalue weighted by Gasteiger charge is -2.16. The third-order valence-corrected chi connectivity index (χ3v) is 5.59. The maximum absolute atomic E-state index is 12.5. The van der Waals surface area contributed by atoms with E-state index in [0.717, 1.165) is 34.1 Å². The molecular formula is C24H23NO5. The average Bonchev–Trinajstić information content (AvgIpc) is 3.35. The smallest absolute Gasteiger partial charge is 0.310 e. The molecule has 1 amide bonds. The van der Waals surface area contributed by atoms with E-state index in [9.17, 15) is 14.4 Å². The second-order valence-electron chi connectivity index (χ2n) is 7.60. The van der Waals surface area contributed by atoms with Gasteiger partial charge in [-0.3, -0.25) is 14.4 Å². The Kier molecular flexibility index (Phi) is 5.40. The molecule has 3 aromatic rings. The molecule has 6 nitrogen and oxygen atoms in total. The summed E-state index contributed by atoms with van der Waals surface area (Å²) in [6.45, 7) is 4.30. The van der Waals surface area contributed by atoms with Crippen LogP contribution < -0.4 is 4.90 Å². The van der Waals surface area contributed by atoms with Crippen LogP contribution in [-0.2, 0) is 20.7 Å². The number of ether oxygens (including phenoxy) is 1. The second-order valence-corrected chi connectivity index (χ2v) is 7.60. The highest BCUT2D eigenvalue weighted by molar-refractivity contribution is 6.01. The molecule has 6 heteroatoms. The molecule has 0 bridgehead atoms. The molecule has 0 spiro atoms. The number of esters is 1. The lowest BCUT2D eigenvalue weighted by Crippen LogP contribution is -2.24. The number of aryl methyl sites for hydroxylation is 2. The van der Waals surface area contributed by atoms with Crippen LogP contribution in [0.5, 0.6) is 0 Å². The van der Waals surface area contributed by atoms with Crippen molar-refractivity contribution in [1.82, 2.24) is 0 Å². The third kappa shape index (κ3) is 3.85. The Morgan fingerprint density at radius 3 is 2.77 bits per heavy atom. The Balaban J connectivity index is 1.39. The number of benzene rings is 2. The van der Waals surface area contributed by atoms with E-state index in [1.54, 1.807) is 35.4 Å². The molecule has 154 valence electrons. The van der Waals surface area contributed by atoms with E-state index >= 15 is 0 Å². The van der Waals surface area contributed by atoms with Crippen molar-refractivity contribution < 1.29 is 23.5 Å². The normalized spacial score (nSPS) is 13.8. The highest BCUT2D eigenvalue weighted by Gasteiger charge is 2.22. The van der Waals surface area contributed by atoms with Crippen LogP contribution in [0.4, 0.5) is 5.69 Å². The quantitative estimate of drug-likeness (QED) is 0.455. The molecule has 2 aromatic carbocycles. The number of ketones is 1. The predicted molar refractivity (Wildman–Crippen MR) is 113 cm³/mol. The minimum atomic E-state index is -0.491. The summed E-state index contributed by atoms with van der Waals surface area (Å²) in [5.74, 6) is -0.737. The number of Topliss-reactive ketones (excluding diaryl/α,β-unsaturated/α-hetero) is 1. The molecule has 1 fully saturated rings. The van der Waals surface area contributed by atoms with Gasteiger partial charge in [0.15, 0.2) is 12.4 Å². The van der Waals surface area contributed by atoms with Gasteiger partial charge in [0.25, 0.3) is 0 Å². The maximum atomic E-state index is 12.5. The van der Waals surface area contributed by atoms with Crippen molar-refractivity contribution in [3.63, 3.8) is 0 Å². The van der Waals surface area contributed by atoms with Crippen molar-refractivity contribution in [1.29, 1.82) is 0 Å². The molecule has 0 N–H and O–H groups in total. The zero-order chi connectivity index (χ0) is 21.3. The summed E-state index contributed by atoms with van der Waals surface area (Å²) in [5, 5.41) is 0.879. The standard InChI is InChI=1S/C24H23NO5/c1-15-8-9-20-18(13-30-24(20)16(15)2)12-23(28)29-14-21(26)17-5-3-6-19(11-17)25-10-4-7-22(25)27/h3,5-6,8-9,11,13H,4,7,10,12,14H2,1-2H3. The van der Waals surface area contributed by atoms with Gasteiger partial charge in [-0.15, -0.1) is 0 Å². The fourth-order valence-corrected chi connectivity index (χ4v) is 3.73. The summed E-state index contributed by atoms with van der Waals surface area (Å²) in [6.07, 6.45) is 2.94. The average molecular weight is 405 g/mol. The van der Waals surface area contributed by atoms with E-state index in [0.29, 0.717) is 24.2 Å². The van der Waals surface area contributed by atoms with Crippen molar-refractivity contribution >= 4 is 34.3 Å². The van der Waals surface area contributed by atoms with E-state index in [1.165, 1.54) is 0 Å². The lowest BCUT2D eigenvalue weighted by atomic mass is 10.0. The van der Waals surface area contributed by atoms with Gasteiger partial charge in [0, 0.05) is 35.2 Å². The number of fused-ring (bicyclic) bond motifs is 1. The molecule has 0 unspecified atom stereocenters. The largest absolute Gasteiger partial charge is 0.464 e. The Labute approximate surface area is 174 Å². The SMILES string of the molecule is Cc1ccc2c(CC(=O)OCC(=O)c3cccc(N4CCCC4=O)c3)coc2c1C. The molecular weight excluding hydrogens is 382 g/mol. The Morgan fingerprint density at radius 2 is 2.00 bits per heavy atom. The first-order valence-corrected chi connectivity index (χ1v) is 9.99. The van der Waals surface area contributed by atoms with Crippen LogP contribution in [0.1, 0.15) is 39.9 Å². The highest BCUT2D eigenvalue weighted by Crippen LogP contribution is 2.27. The number of carbonyl (C=O) groups is 3. The summed E-state index contributed by atoms with van der Waals surface area (Å²) in [5.41, 5.74) is 4.78. The van der Waals surface area contributed by atoms with Crippen LogP contribution in [0.3, 0.4) is 0 Å². The molecule has 1 aliphatic rings. The lowest BCUT2D eigenvalue weighted by molar-refractivity contribution is -0.141. The van der Waals surface area contributed by atoms with Crippen molar-refractivity contribution in [2.24, 2.45) is 0 Å². The third-order valence-electron chi connectivity index (χ3n) is 5.59. The van der Waals surface area contributed by atoms with Crippen LogP contribution in [0, 0.1) is 13.8 Å². The first-order valence-electron chi connectivity index (χ1n) is 9.99. The summed E-state index contributed by atoms with van der Waals surface area (Å²) in [4.78, 5) is 38.4. The van der Waals surface area contributed by atoms with Gasteiger partial charge in [0.1, 0.15) is 5.58 Å². The van der Waals surface area contributed by atoms with Crippen molar-refractivity contribution in [3.8, 4) is 0 Å². The molecule has 30 heavy (non-hydrogen) atoms.